The maximum Gasteiger partial charge on any atom is 0.108 e. The second-order valence-electron chi connectivity index (χ2n) is 5.53. The molecule has 2 aromatic rings. The van der Waals surface area contributed by atoms with Crippen molar-refractivity contribution in [2.75, 3.05) is 6.61 Å². The fourth-order valence-corrected chi connectivity index (χ4v) is 2.38. The van der Waals surface area contributed by atoms with Gasteiger partial charge in [-0.15, -0.1) is 0 Å². The van der Waals surface area contributed by atoms with Crippen LogP contribution in [0.4, 0.5) is 0 Å². The van der Waals surface area contributed by atoms with Crippen LogP contribution in [0.5, 0.6) is 0 Å². The molecule has 0 aliphatic rings. The van der Waals surface area contributed by atoms with E-state index in [1.165, 1.54) is 11.1 Å². The summed E-state index contributed by atoms with van der Waals surface area (Å²) in [6.45, 7) is 6.71. The monoisotopic (exact) mass is 284 g/mol. The molecule has 0 N–H and O–H groups in total. The molecule has 0 aliphatic heterocycles. The van der Waals surface area contributed by atoms with Gasteiger partial charge in [0.05, 0.1) is 18.8 Å². The predicted molar refractivity (Wildman–Crippen MR) is 86.4 cm³/mol. The molecule has 0 fully saturated rings. The van der Waals surface area contributed by atoms with E-state index in [-0.39, 0.29) is 18.3 Å². The summed E-state index contributed by atoms with van der Waals surface area (Å²) in [6, 6.07) is 20.6. The highest BCUT2D eigenvalue weighted by atomic mass is 16.5. The molecule has 2 aromatic carbocycles. The molecule has 1 unspecified atom stereocenters. The van der Waals surface area contributed by atoms with E-state index in [1.54, 1.807) is 0 Å². The van der Waals surface area contributed by atoms with Crippen molar-refractivity contribution >= 4 is 0 Å². The van der Waals surface area contributed by atoms with Crippen LogP contribution in [0.3, 0.4) is 0 Å². The van der Waals surface area contributed by atoms with Gasteiger partial charge in [0.2, 0.25) is 0 Å². The van der Waals surface area contributed by atoms with Crippen LogP contribution >= 0.6 is 0 Å². The average Bonchev–Trinajstić information content (AvgIpc) is 2.49. The summed E-state index contributed by atoms with van der Waals surface area (Å²) in [5, 5.41) is 0. The third-order valence-electron chi connectivity index (χ3n) is 3.21. The third kappa shape index (κ3) is 5.00. The van der Waals surface area contributed by atoms with E-state index >= 15 is 0 Å². The number of rotatable bonds is 7. The Labute approximate surface area is 127 Å². The quantitative estimate of drug-likeness (QED) is 0.739. The molecule has 2 nitrogen and oxygen atoms in total. The molecule has 0 radical (unpaired) electrons. The molecular weight excluding hydrogens is 260 g/mol. The third-order valence-corrected chi connectivity index (χ3v) is 3.21. The fraction of sp³-hybridized carbons (Fsp3) is 0.368. The van der Waals surface area contributed by atoms with Gasteiger partial charge in [-0.25, -0.2) is 0 Å². The Morgan fingerprint density at radius 3 is 1.67 bits per heavy atom. The molecule has 0 bridgehead atoms. The van der Waals surface area contributed by atoms with Crippen LogP contribution in [0, 0.1) is 0 Å². The van der Waals surface area contributed by atoms with E-state index in [2.05, 4.69) is 24.3 Å². The first-order valence-corrected chi connectivity index (χ1v) is 7.53. The van der Waals surface area contributed by atoms with Crippen molar-refractivity contribution in [1.29, 1.82) is 0 Å². The molecule has 0 spiro atoms. The SMILES string of the molecule is CC(C)OC(C)COC(c1ccccc1)c1ccccc1. The number of hydrogen-bond acceptors (Lipinski definition) is 2. The lowest BCUT2D eigenvalue weighted by Crippen LogP contribution is -2.22. The summed E-state index contributed by atoms with van der Waals surface area (Å²) in [4.78, 5) is 0. The molecule has 112 valence electrons. The highest BCUT2D eigenvalue weighted by Crippen LogP contribution is 2.26. The lowest BCUT2D eigenvalue weighted by atomic mass is 10.0. The minimum Gasteiger partial charge on any atom is -0.373 e. The van der Waals surface area contributed by atoms with Crippen LogP contribution in [0.25, 0.3) is 0 Å². The van der Waals surface area contributed by atoms with Gasteiger partial charge < -0.3 is 9.47 Å². The summed E-state index contributed by atoms with van der Waals surface area (Å²) < 4.78 is 11.9. The van der Waals surface area contributed by atoms with Crippen LogP contribution < -0.4 is 0 Å². The molecule has 0 saturated heterocycles. The van der Waals surface area contributed by atoms with Crippen molar-refractivity contribution in [3.05, 3.63) is 71.8 Å². The van der Waals surface area contributed by atoms with Crippen molar-refractivity contribution < 1.29 is 9.47 Å². The number of hydrogen-bond donors (Lipinski definition) is 0. The van der Waals surface area contributed by atoms with Gasteiger partial charge in [0.1, 0.15) is 6.10 Å². The largest absolute Gasteiger partial charge is 0.373 e. The average molecular weight is 284 g/mol. The van der Waals surface area contributed by atoms with Crippen molar-refractivity contribution in [3.63, 3.8) is 0 Å². The maximum absolute atomic E-state index is 6.15. The van der Waals surface area contributed by atoms with E-state index < -0.39 is 0 Å². The van der Waals surface area contributed by atoms with Gasteiger partial charge in [-0.05, 0) is 31.9 Å². The Kier molecular flexibility index (Phi) is 5.97. The van der Waals surface area contributed by atoms with Crippen molar-refractivity contribution in [1.82, 2.24) is 0 Å². The summed E-state index contributed by atoms with van der Waals surface area (Å²) in [5.41, 5.74) is 2.33. The Morgan fingerprint density at radius 1 is 0.762 bits per heavy atom. The van der Waals surface area contributed by atoms with E-state index in [0.717, 1.165) is 0 Å². The topological polar surface area (TPSA) is 18.5 Å². The summed E-state index contributed by atoms with van der Waals surface area (Å²) in [5.74, 6) is 0. The van der Waals surface area contributed by atoms with Crippen LogP contribution in [0.15, 0.2) is 60.7 Å². The van der Waals surface area contributed by atoms with Crippen LogP contribution in [-0.2, 0) is 9.47 Å². The zero-order valence-electron chi connectivity index (χ0n) is 13.0. The lowest BCUT2D eigenvalue weighted by Gasteiger charge is -2.22. The minimum atomic E-state index is -0.0504. The Morgan fingerprint density at radius 2 is 1.24 bits per heavy atom. The zero-order valence-corrected chi connectivity index (χ0v) is 13.0. The Hall–Kier alpha value is -1.64. The highest BCUT2D eigenvalue weighted by Gasteiger charge is 2.16. The van der Waals surface area contributed by atoms with E-state index in [0.29, 0.717) is 6.61 Å². The van der Waals surface area contributed by atoms with E-state index in [9.17, 15) is 0 Å². The standard InChI is InChI=1S/C19H24O2/c1-15(2)21-16(3)14-20-19(17-10-6-4-7-11-17)18-12-8-5-9-13-18/h4-13,15-16,19H,14H2,1-3H3. The van der Waals surface area contributed by atoms with Crippen LogP contribution in [-0.4, -0.2) is 18.8 Å². The molecule has 0 aliphatic carbocycles. The van der Waals surface area contributed by atoms with Gasteiger partial charge in [0.15, 0.2) is 0 Å². The van der Waals surface area contributed by atoms with Gasteiger partial charge in [0.25, 0.3) is 0 Å². The predicted octanol–water partition coefficient (Wildman–Crippen LogP) is 4.61. The molecule has 21 heavy (non-hydrogen) atoms. The first-order valence-electron chi connectivity index (χ1n) is 7.53. The first-order chi connectivity index (χ1) is 10.2. The fourth-order valence-electron chi connectivity index (χ4n) is 2.38. The van der Waals surface area contributed by atoms with E-state index in [4.69, 9.17) is 9.47 Å². The molecule has 2 rings (SSSR count). The van der Waals surface area contributed by atoms with Crippen molar-refractivity contribution in [3.8, 4) is 0 Å². The maximum atomic E-state index is 6.15. The zero-order chi connectivity index (χ0) is 15.1. The Bertz CT molecular complexity index is 468. The Balaban J connectivity index is 2.10. The summed E-state index contributed by atoms with van der Waals surface area (Å²) in [6.07, 6.45) is 0.251. The summed E-state index contributed by atoms with van der Waals surface area (Å²) >= 11 is 0. The van der Waals surface area contributed by atoms with Crippen LogP contribution in [0.2, 0.25) is 0 Å². The van der Waals surface area contributed by atoms with Crippen molar-refractivity contribution in [2.45, 2.75) is 39.1 Å². The molecule has 0 saturated carbocycles. The first kappa shape index (κ1) is 15.7. The van der Waals surface area contributed by atoms with Crippen molar-refractivity contribution in [2.24, 2.45) is 0 Å². The van der Waals surface area contributed by atoms with Gasteiger partial charge in [-0.2, -0.15) is 0 Å². The normalized spacial score (nSPS) is 12.8. The molecule has 2 heteroatoms. The van der Waals surface area contributed by atoms with E-state index in [1.807, 2.05) is 57.2 Å². The minimum absolute atomic E-state index is 0.0504. The second-order valence-corrected chi connectivity index (χ2v) is 5.53. The second kappa shape index (κ2) is 7.96. The number of ether oxygens (including phenoxy) is 2. The molecule has 0 amide bonds. The smallest absolute Gasteiger partial charge is 0.108 e. The van der Waals surface area contributed by atoms with Gasteiger partial charge >= 0.3 is 0 Å². The lowest BCUT2D eigenvalue weighted by molar-refractivity contribution is -0.0495. The summed E-state index contributed by atoms with van der Waals surface area (Å²) in [7, 11) is 0. The molecule has 1 atom stereocenters. The van der Waals surface area contributed by atoms with Gasteiger partial charge in [-0.1, -0.05) is 60.7 Å². The highest BCUT2D eigenvalue weighted by molar-refractivity contribution is 5.29. The van der Waals surface area contributed by atoms with Gasteiger partial charge in [-0.3, -0.25) is 0 Å². The molecular formula is C19H24O2. The molecule has 0 heterocycles. The van der Waals surface area contributed by atoms with Gasteiger partial charge in [0, 0.05) is 0 Å². The number of benzene rings is 2. The molecule has 0 aromatic heterocycles. The van der Waals surface area contributed by atoms with Crippen LogP contribution in [0.1, 0.15) is 38.0 Å².